The van der Waals surface area contributed by atoms with Crippen molar-refractivity contribution < 1.29 is 14.4 Å². The zero-order chi connectivity index (χ0) is 16.5. The molecule has 0 saturated carbocycles. The number of morpholine rings is 1. The second-order valence-corrected chi connectivity index (χ2v) is 5.61. The van der Waals surface area contributed by atoms with E-state index in [1.54, 1.807) is 19.1 Å². The maximum atomic E-state index is 10.8. The van der Waals surface area contributed by atoms with Gasteiger partial charge in [0, 0.05) is 37.8 Å². The third kappa shape index (κ3) is 6.13. The van der Waals surface area contributed by atoms with Crippen molar-refractivity contribution in [3.8, 4) is 5.75 Å². The van der Waals surface area contributed by atoms with Crippen molar-refractivity contribution in [2.24, 2.45) is 0 Å². The van der Waals surface area contributed by atoms with E-state index >= 15 is 0 Å². The molecule has 1 saturated heterocycles. The first-order valence-electron chi connectivity index (χ1n) is 8.05. The number of nitrogens with one attached hydrogen (secondary N) is 1. The van der Waals surface area contributed by atoms with E-state index in [1.807, 2.05) is 0 Å². The first-order chi connectivity index (χ1) is 11.2. The van der Waals surface area contributed by atoms with Crippen LogP contribution in [0.15, 0.2) is 18.2 Å². The average Bonchev–Trinajstić information content (AvgIpc) is 2.54. The fourth-order valence-electron chi connectivity index (χ4n) is 2.50. The molecule has 0 amide bonds. The Morgan fingerprint density at radius 2 is 2.13 bits per heavy atom. The van der Waals surface area contributed by atoms with Crippen LogP contribution in [0.4, 0.5) is 5.69 Å². The van der Waals surface area contributed by atoms with Gasteiger partial charge >= 0.3 is 0 Å². The summed E-state index contributed by atoms with van der Waals surface area (Å²) >= 11 is 0. The first kappa shape index (κ1) is 17.7. The summed E-state index contributed by atoms with van der Waals surface area (Å²) in [5.74, 6) is 0.682. The summed E-state index contributed by atoms with van der Waals surface area (Å²) in [4.78, 5) is 12.8. The van der Waals surface area contributed by atoms with Crippen LogP contribution in [0.3, 0.4) is 0 Å². The minimum atomic E-state index is -0.377. The standard InChI is InChI=1S/C16H25N3O4/c1-14-13-15(3-4-16(14)19(20)21)23-10-2-5-17-6-7-18-8-11-22-12-9-18/h3-4,13,17H,2,5-12H2,1H3. The number of benzene rings is 1. The highest BCUT2D eigenvalue weighted by atomic mass is 16.6. The van der Waals surface area contributed by atoms with Gasteiger partial charge in [-0.1, -0.05) is 0 Å². The first-order valence-corrected chi connectivity index (χ1v) is 8.05. The Kier molecular flexibility index (Phi) is 7.25. The number of ether oxygens (including phenoxy) is 2. The van der Waals surface area contributed by atoms with E-state index in [0.29, 0.717) is 17.9 Å². The van der Waals surface area contributed by atoms with Crippen LogP contribution in [-0.2, 0) is 4.74 Å². The fraction of sp³-hybridized carbons (Fsp3) is 0.625. The lowest BCUT2D eigenvalue weighted by molar-refractivity contribution is -0.385. The molecule has 0 atom stereocenters. The maximum absolute atomic E-state index is 10.8. The van der Waals surface area contributed by atoms with E-state index in [1.165, 1.54) is 6.07 Å². The van der Waals surface area contributed by atoms with Gasteiger partial charge in [-0.3, -0.25) is 15.0 Å². The number of hydrogen-bond acceptors (Lipinski definition) is 6. The van der Waals surface area contributed by atoms with Gasteiger partial charge < -0.3 is 14.8 Å². The van der Waals surface area contributed by atoms with Crippen molar-refractivity contribution in [2.45, 2.75) is 13.3 Å². The van der Waals surface area contributed by atoms with Crippen molar-refractivity contribution in [1.29, 1.82) is 0 Å². The van der Waals surface area contributed by atoms with Crippen LogP contribution in [0.2, 0.25) is 0 Å². The van der Waals surface area contributed by atoms with E-state index < -0.39 is 0 Å². The minimum absolute atomic E-state index is 0.127. The molecule has 7 heteroatoms. The van der Waals surface area contributed by atoms with Gasteiger partial charge in [0.25, 0.3) is 5.69 Å². The molecule has 128 valence electrons. The molecular weight excluding hydrogens is 298 g/mol. The fourth-order valence-corrected chi connectivity index (χ4v) is 2.50. The lowest BCUT2D eigenvalue weighted by atomic mass is 10.2. The topological polar surface area (TPSA) is 76.9 Å². The van der Waals surface area contributed by atoms with Crippen LogP contribution in [0.25, 0.3) is 0 Å². The molecule has 1 aliphatic heterocycles. The number of rotatable bonds is 9. The number of hydrogen-bond donors (Lipinski definition) is 1. The predicted octanol–water partition coefficient (Wildman–Crippen LogP) is 1.59. The van der Waals surface area contributed by atoms with E-state index in [4.69, 9.17) is 9.47 Å². The van der Waals surface area contributed by atoms with Crippen molar-refractivity contribution >= 4 is 5.69 Å². The molecule has 1 aromatic rings. The lowest BCUT2D eigenvalue weighted by Crippen LogP contribution is -2.40. The largest absolute Gasteiger partial charge is 0.494 e. The molecule has 0 radical (unpaired) electrons. The van der Waals surface area contributed by atoms with Crippen molar-refractivity contribution in [2.75, 3.05) is 52.5 Å². The summed E-state index contributed by atoms with van der Waals surface area (Å²) in [6, 6.07) is 4.85. The molecule has 1 aliphatic rings. The van der Waals surface area contributed by atoms with Gasteiger partial charge in [-0.15, -0.1) is 0 Å². The van der Waals surface area contributed by atoms with E-state index in [0.717, 1.165) is 52.4 Å². The Bertz CT molecular complexity index is 504. The van der Waals surface area contributed by atoms with Gasteiger partial charge in [-0.2, -0.15) is 0 Å². The van der Waals surface area contributed by atoms with E-state index in [9.17, 15) is 10.1 Å². The summed E-state index contributed by atoms with van der Waals surface area (Å²) < 4.78 is 10.9. The Morgan fingerprint density at radius 1 is 1.35 bits per heavy atom. The zero-order valence-electron chi connectivity index (χ0n) is 13.6. The second kappa shape index (κ2) is 9.44. The minimum Gasteiger partial charge on any atom is -0.494 e. The van der Waals surface area contributed by atoms with E-state index in [-0.39, 0.29) is 10.6 Å². The molecule has 23 heavy (non-hydrogen) atoms. The highest BCUT2D eigenvalue weighted by Gasteiger charge is 2.10. The zero-order valence-corrected chi connectivity index (χ0v) is 13.6. The number of nitro benzene ring substituents is 1. The van der Waals surface area contributed by atoms with Crippen LogP contribution in [-0.4, -0.2) is 62.4 Å². The Morgan fingerprint density at radius 3 is 2.83 bits per heavy atom. The normalized spacial score (nSPS) is 15.5. The molecule has 0 unspecified atom stereocenters. The molecule has 1 aromatic carbocycles. The van der Waals surface area contributed by atoms with Crippen molar-refractivity contribution in [1.82, 2.24) is 10.2 Å². The van der Waals surface area contributed by atoms with Gasteiger partial charge in [0.05, 0.1) is 24.7 Å². The molecule has 2 rings (SSSR count). The summed E-state index contributed by atoms with van der Waals surface area (Å²) in [7, 11) is 0. The van der Waals surface area contributed by atoms with Crippen LogP contribution in [0.5, 0.6) is 5.75 Å². The summed E-state index contributed by atoms with van der Waals surface area (Å²) in [6.07, 6.45) is 0.902. The molecule has 1 N–H and O–H groups in total. The highest BCUT2D eigenvalue weighted by Crippen LogP contribution is 2.22. The third-order valence-corrected chi connectivity index (χ3v) is 3.84. The predicted molar refractivity (Wildman–Crippen MR) is 88.1 cm³/mol. The maximum Gasteiger partial charge on any atom is 0.272 e. The number of aryl methyl sites for hydroxylation is 1. The van der Waals surface area contributed by atoms with Crippen LogP contribution in [0.1, 0.15) is 12.0 Å². The highest BCUT2D eigenvalue weighted by molar-refractivity contribution is 5.44. The van der Waals surface area contributed by atoms with Crippen LogP contribution in [0, 0.1) is 17.0 Å². The van der Waals surface area contributed by atoms with Crippen LogP contribution < -0.4 is 10.1 Å². The Balaban J connectivity index is 1.55. The van der Waals surface area contributed by atoms with Crippen molar-refractivity contribution in [3.05, 3.63) is 33.9 Å². The molecular formula is C16H25N3O4. The van der Waals surface area contributed by atoms with Gasteiger partial charge in [0.1, 0.15) is 5.75 Å². The molecule has 1 heterocycles. The molecule has 0 bridgehead atoms. The SMILES string of the molecule is Cc1cc(OCCCNCCN2CCOCC2)ccc1[N+](=O)[O-]. The molecule has 0 aliphatic carbocycles. The average molecular weight is 323 g/mol. The lowest BCUT2D eigenvalue weighted by Gasteiger charge is -2.26. The number of nitro groups is 1. The van der Waals surface area contributed by atoms with Crippen molar-refractivity contribution in [3.63, 3.8) is 0 Å². The monoisotopic (exact) mass is 323 g/mol. The van der Waals surface area contributed by atoms with Gasteiger partial charge in [0.2, 0.25) is 0 Å². The third-order valence-electron chi connectivity index (χ3n) is 3.84. The molecule has 0 aromatic heterocycles. The summed E-state index contributed by atoms with van der Waals surface area (Å²) in [5.41, 5.74) is 0.748. The molecule has 1 fully saturated rings. The van der Waals surface area contributed by atoms with Gasteiger partial charge in [0.15, 0.2) is 0 Å². The van der Waals surface area contributed by atoms with Gasteiger partial charge in [-0.05, 0) is 32.0 Å². The summed E-state index contributed by atoms with van der Waals surface area (Å²) in [6.45, 7) is 8.94. The quantitative estimate of drug-likeness (QED) is 0.422. The smallest absolute Gasteiger partial charge is 0.272 e. The van der Waals surface area contributed by atoms with Crippen LogP contribution >= 0.6 is 0 Å². The molecule has 7 nitrogen and oxygen atoms in total. The summed E-state index contributed by atoms with van der Waals surface area (Å²) in [5, 5.41) is 14.2. The Labute approximate surface area is 136 Å². The number of nitrogens with zero attached hydrogens (tertiary/aromatic N) is 2. The Hall–Kier alpha value is -1.70. The second-order valence-electron chi connectivity index (χ2n) is 5.61. The molecule has 0 spiro atoms. The van der Waals surface area contributed by atoms with Gasteiger partial charge in [-0.25, -0.2) is 0 Å². The van der Waals surface area contributed by atoms with E-state index in [2.05, 4.69) is 10.2 Å².